The molecule has 1 saturated carbocycles. The average Bonchev–Trinajstić information content (AvgIpc) is 3.33. The van der Waals surface area contributed by atoms with Crippen molar-refractivity contribution in [1.82, 2.24) is 30.7 Å². The number of aromatic nitrogens is 4. The Bertz CT molecular complexity index is 868. The van der Waals surface area contributed by atoms with Crippen LogP contribution in [0.2, 0.25) is 5.02 Å². The zero-order valence-electron chi connectivity index (χ0n) is 15.7. The first-order valence-electron chi connectivity index (χ1n) is 8.58. The number of carbonyl (C=O) groups is 3. The van der Waals surface area contributed by atoms with Crippen LogP contribution in [0.4, 0.5) is 0 Å². The summed E-state index contributed by atoms with van der Waals surface area (Å²) >= 11 is 5.95. The Balaban J connectivity index is 0.000000941. The molecule has 2 amide bonds. The summed E-state index contributed by atoms with van der Waals surface area (Å²) in [7, 11) is 1.65. The minimum Gasteiger partial charge on any atom is -0.483 e. The molecule has 13 heteroatoms. The van der Waals surface area contributed by atoms with Crippen molar-refractivity contribution in [2.45, 2.75) is 38.5 Å². The molecule has 3 atom stereocenters. The third-order valence-corrected chi connectivity index (χ3v) is 4.67. The minimum atomic E-state index is -0.826. The Kier molecular flexibility index (Phi) is 7.67. The van der Waals surface area contributed by atoms with Gasteiger partial charge in [0.25, 0.3) is 12.4 Å². The number of hydrogen-bond donors (Lipinski definition) is 4. The lowest BCUT2D eigenvalue weighted by atomic mass is 10.1. The van der Waals surface area contributed by atoms with Gasteiger partial charge in [0.2, 0.25) is 5.91 Å². The van der Waals surface area contributed by atoms with Crippen molar-refractivity contribution in [2.24, 2.45) is 13.0 Å². The average molecular weight is 429 g/mol. The number of aliphatic hydroxyl groups excluding tert-OH is 1. The predicted molar refractivity (Wildman–Crippen MR) is 97.8 cm³/mol. The maximum Gasteiger partial charge on any atom is 0.290 e. The molecule has 2 heterocycles. The topological polar surface area (TPSA) is 172 Å². The highest BCUT2D eigenvalue weighted by atomic mass is 35.5. The summed E-state index contributed by atoms with van der Waals surface area (Å²) in [6, 6.07) is -0.549. The van der Waals surface area contributed by atoms with E-state index in [1.165, 1.54) is 10.9 Å². The van der Waals surface area contributed by atoms with Gasteiger partial charge < -0.3 is 20.8 Å². The van der Waals surface area contributed by atoms with Crippen LogP contribution in [-0.2, 0) is 23.2 Å². The van der Waals surface area contributed by atoms with E-state index in [1.807, 2.05) is 0 Å². The van der Waals surface area contributed by atoms with Gasteiger partial charge in [0.15, 0.2) is 5.69 Å². The lowest BCUT2D eigenvalue weighted by Crippen LogP contribution is -2.40. The smallest absolute Gasteiger partial charge is 0.290 e. The van der Waals surface area contributed by atoms with Crippen LogP contribution in [0.25, 0.3) is 0 Å². The molecule has 3 rings (SSSR count). The van der Waals surface area contributed by atoms with Crippen molar-refractivity contribution < 1.29 is 29.2 Å². The third kappa shape index (κ3) is 5.74. The molecule has 0 aliphatic heterocycles. The second-order valence-electron chi connectivity index (χ2n) is 6.43. The Labute approximate surface area is 170 Å². The molecule has 2 aromatic rings. The first-order chi connectivity index (χ1) is 13.8. The number of nitrogens with one attached hydrogen (secondary N) is 2. The maximum atomic E-state index is 12.3. The molecular formula is C16H21ClN6O6. The zero-order valence-corrected chi connectivity index (χ0v) is 16.5. The number of aryl methyl sites for hydroxylation is 2. The number of aliphatic hydroxyl groups is 1. The standard InChI is InChI=1S/C15H19ClN6O4.CH2O2/c1-7-11(21-26-20-7)5-17-14(24)8-3-10(12(23)4-8)18-15(25)13-9(16)6-22(2)19-13;2-1-3/h6,8,10,12,23H,3-5H2,1-2H3,(H,17,24)(H,18,25);1H,(H,2,3)/t8-,10-,12-;/m0./s1. The predicted octanol–water partition coefficient (Wildman–Crippen LogP) is -0.349. The van der Waals surface area contributed by atoms with Gasteiger partial charge in [-0.2, -0.15) is 5.10 Å². The Morgan fingerprint density at radius 1 is 1.41 bits per heavy atom. The number of nitrogens with zero attached hydrogens (tertiary/aromatic N) is 4. The van der Waals surface area contributed by atoms with E-state index in [0.29, 0.717) is 17.8 Å². The van der Waals surface area contributed by atoms with Gasteiger partial charge in [-0.15, -0.1) is 0 Å². The summed E-state index contributed by atoms with van der Waals surface area (Å²) in [5.41, 5.74) is 1.24. The monoisotopic (exact) mass is 428 g/mol. The highest BCUT2D eigenvalue weighted by molar-refractivity contribution is 6.33. The van der Waals surface area contributed by atoms with Gasteiger partial charge in [-0.05, 0) is 19.8 Å². The second kappa shape index (κ2) is 9.98. The molecule has 29 heavy (non-hydrogen) atoms. The molecule has 0 bridgehead atoms. The largest absolute Gasteiger partial charge is 0.483 e. The van der Waals surface area contributed by atoms with E-state index in [0.717, 1.165) is 0 Å². The van der Waals surface area contributed by atoms with Crippen molar-refractivity contribution in [3.63, 3.8) is 0 Å². The van der Waals surface area contributed by atoms with Crippen LogP contribution in [0, 0.1) is 12.8 Å². The molecule has 0 spiro atoms. The normalized spacial score (nSPS) is 20.5. The number of carbonyl (C=O) groups excluding carboxylic acids is 2. The van der Waals surface area contributed by atoms with E-state index in [1.54, 1.807) is 14.0 Å². The minimum absolute atomic E-state index is 0.0864. The van der Waals surface area contributed by atoms with E-state index in [4.69, 9.17) is 21.5 Å². The summed E-state index contributed by atoms with van der Waals surface area (Å²) in [6.07, 6.45) is 1.26. The fraction of sp³-hybridized carbons (Fsp3) is 0.500. The highest BCUT2D eigenvalue weighted by Gasteiger charge is 2.38. The van der Waals surface area contributed by atoms with Gasteiger partial charge >= 0.3 is 0 Å². The Morgan fingerprint density at radius 3 is 2.66 bits per heavy atom. The molecule has 0 aromatic carbocycles. The van der Waals surface area contributed by atoms with Gasteiger partial charge in [0, 0.05) is 19.2 Å². The lowest BCUT2D eigenvalue weighted by molar-refractivity contribution is -0.125. The molecule has 12 nitrogen and oxygen atoms in total. The molecule has 1 aliphatic rings. The van der Waals surface area contributed by atoms with E-state index in [9.17, 15) is 14.7 Å². The Hall–Kier alpha value is -2.99. The zero-order chi connectivity index (χ0) is 21.6. The van der Waals surface area contributed by atoms with Gasteiger partial charge in [-0.25, -0.2) is 4.63 Å². The van der Waals surface area contributed by atoms with E-state index in [-0.39, 0.29) is 36.1 Å². The van der Waals surface area contributed by atoms with Crippen LogP contribution < -0.4 is 10.6 Å². The number of hydrogen-bond acceptors (Lipinski definition) is 8. The van der Waals surface area contributed by atoms with E-state index in [2.05, 4.69) is 30.7 Å². The van der Waals surface area contributed by atoms with Crippen LogP contribution >= 0.6 is 11.6 Å². The number of amides is 2. The third-order valence-electron chi connectivity index (χ3n) is 4.39. The van der Waals surface area contributed by atoms with Gasteiger partial charge in [0.05, 0.1) is 23.7 Å². The van der Waals surface area contributed by atoms with E-state index < -0.39 is 24.0 Å². The number of carboxylic acid groups (broad SMARTS) is 1. The molecule has 0 unspecified atom stereocenters. The van der Waals surface area contributed by atoms with Crippen LogP contribution in [-0.4, -0.2) is 60.7 Å². The lowest BCUT2D eigenvalue weighted by Gasteiger charge is -2.15. The SMILES string of the molecule is Cc1nonc1CNC(=O)[C@H]1C[C@H](NC(=O)c2nn(C)cc2Cl)[C@@H](O)C1.O=CO. The van der Waals surface area contributed by atoms with E-state index >= 15 is 0 Å². The molecule has 1 aliphatic carbocycles. The summed E-state index contributed by atoms with van der Waals surface area (Å²) in [4.78, 5) is 32.9. The maximum absolute atomic E-state index is 12.3. The van der Waals surface area contributed by atoms with Crippen LogP contribution in [0.15, 0.2) is 10.8 Å². The molecule has 0 radical (unpaired) electrons. The molecule has 4 N–H and O–H groups in total. The highest BCUT2D eigenvalue weighted by Crippen LogP contribution is 2.27. The molecule has 1 fully saturated rings. The van der Waals surface area contributed by atoms with Gasteiger partial charge in [0.1, 0.15) is 11.4 Å². The summed E-state index contributed by atoms with van der Waals surface area (Å²) < 4.78 is 6.01. The summed E-state index contributed by atoms with van der Waals surface area (Å²) in [5.74, 6) is -1.13. The van der Waals surface area contributed by atoms with Crippen LogP contribution in [0.1, 0.15) is 34.7 Å². The van der Waals surface area contributed by atoms with Crippen LogP contribution in [0.5, 0.6) is 0 Å². The first kappa shape index (κ1) is 22.3. The van der Waals surface area contributed by atoms with Crippen molar-refractivity contribution in [3.05, 3.63) is 28.3 Å². The molecule has 2 aromatic heterocycles. The molecular weight excluding hydrogens is 408 g/mol. The van der Waals surface area contributed by atoms with Crippen molar-refractivity contribution >= 4 is 29.9 Å². The van der Waals surface area contributed by atoms with Crippen LogP contribution in [0.3, 0.4) is 0 Å². The van der Waals surface area contributed by atoms with Crippen molar-refractivity contribution in [1.29, 1.82) is 0 Å². The second-order valence-corrected chi connectivity index (χ2v) is 6.84. The summed E-state index contributed by atoms with van der Waals surface area (Å²) in [5, 5.41) is 34.1. The molecule has 0 saturated heterocycles. The first-order valence-corrected chi connectivity index (χ1v) is 8.96. The van der Waals surface area contributed by atoms with Crippen molar-refractivity contribution in [2.75, 3.05) is 0 Å². The van der Waals surface area contributed by atoms with Gasteiger partial charge in [-0.3, -0.25) is 19.1 Å². The number of halogens is 1. The number of rotatable bonds is 5. The Morgan fingerprint density at radius 2 is 2.10 bits per heavy atom. The van der Waals surface area contributed by atoms with Crippen molar-refractivity contribution in [3.8, 4) is 0 Å². The quantitative estimate of drug-likeness (QED) is 0.464. The van der Waals surface area contributed by atoms with Gasteiger partial charge in [-0.1, -0.05) is 21.9 Å². The fourth-order valence-corrected chi connectivity index (χ4v) is 3.22. The fourth-order valence-electron chi connectivity index (χ4n) is 2.96. The molecule has 158 valence electrons. The summed E-state index contributed by atoms with van der Waals surface area (Å²) in [6.45, 7) is 1.67.